The zero-order valence-electron chi connectivity index (χ0n) is 17.7. The number of nitrogens with one attached hydrogen (secondary N) is 1. The molecule has 0 radical (unpaired) electrons. The summed E-state index contributed by atoms with van der Waals surface area (Å²) in [6.45, 7) is 2.49. The lowest BCUT2D eigenvalue weighted by Gasteiger charge is -2.42. The van der Waals surface area contributed by atoms with Gasteiger partial charge in [-0.1, -0.05) is 29.8 Å². The monoisotopic (exact) mass is 469 g/mol. The van der Waals surface area contributed by atoms with Crippen LogP contribution in [0.4, 0.5) is 24.9 Å². The van der Waals surface area contributed by atoms with Crippen LogP contribution in [0.5, 0.6) is 5.75 Å². The first kappa shape index (κ1) is 22.9. The van der Waals surface area contributed by atoms with E-state index in [1.165, 1.54) is 44.5 Å². The van der Waals surface area contributed by atoms with Gasteiger partial charge in [0.1, 0.15) is 16.6 Å². The predicted octanol–water partition coefficient (Wildman–Crippen LogP) is 5.03. The van der Waals surface area contributed by atoms with Gasteiger partial charge < -0.3 is 20.7 Å². The van der Waals surface area contributed by atoms with E-state index in [1.807, 2.05) is 0 Å². The minimum atomic E-state index is -4.76. The van der Waals surface area contributed by atoms with E-state index in [0.717, 1.165) is 12.8 Å². The number of hydrogen-bond acceptors (Lipinski definition) is 6. The molecule has 4 rings (SSSR count). The largest absolute Gasteiger partial charge is 0.573 e. The first-order valence-corrected chi connectivity index (χ1v) is 11.3. The van der Waals surface area contributed by atoms with E-state index in [4.69, 9.17) is 17.3 Å². The van der Waals surface area contributed by atoms with E-state index >= 15 is 0 Å². The molecule has 6 nitrogen and oxygen atoms in total. The van der Waals surface area contributed by atoms with Crippen LogP contribution in [0.1, 0.15) is 43.4 Å². The van der Waals surface area contributed by atoms with Crippen LogP contribution in [0.2, 0.25) is 5.02 Å². The average molecular weight is 470 g/mol. The summed E-state index contributed by atoms with van der Waals surface area (Å²) in [5, 5.41) is 3.30. The standard InChI is InChI=1S/C22H27ClF3N5O/c23-19-17(12-14-6-8-16(9-7-14)31-10-3-11-31)29-21(30-20(19)27)28-13-15-4-1-2-5-18(15)32-22(24,25)26/h1-2,4-5,14,16H,3,6-13H2,(H3,27,28,29,30)/t14-,16-. The summed E-state index contributed by atoms with van der Waals surface area (Å²) < 4.78 is 42.0. The topological polar surface area (TPSA) is 76.3 Å². The Labute approximate surface area is 190 Å². The van der Waals surface area contributed by atoms with Gasteiger partial charge in [0.25, 0.3) is 0 Å². The van der Waals surface area contributed by atoms with Crippen molar-refractivity contribution in [2.24, 2.45) is 5.92 Å². The van der Waals surface area contributed by atoms with E-state index in [0.29, 0.717) is 34.7 Å². The molecule has 1 saturated heterocycles. The lowest BCUT2D eigenvalue weighted by molar-refractivity contribution is -0.274. The van der Waals surface area contributed by atoms with Gasteiger partial charge in [-0.05, 0) is 63.6 Å². The minimum absolute atomic E-state index is 0.0493. The molecule has 2 fully saturated rings. The maximum absolute atomic E-state index is 12.6. The molecule has 1 aromatic heterocycles. The van der Waals surface area contributed by atoms with Crippen LogP contribution in [0.3, 0.4) is 0 Å². The van der Waals surface area contributed by atoms with Crippen LogP contribution in [-0.2, 0) is 13.0 Å². The molecule has 10 heteroatoms. The number of rotatable bonds is 7. The number of nitrogens with two attached hydrogens (primary N) is 1. The molecule has 1 aliphatic heterocycles. The first-order chi connectivity index (χ1) is 15.3. The van der Waals surface area contributed by atoms with E-state index in [9.17, 15) is 13.2 Å². The number of likely N-dealkylation sites (tertiary alicyclic amines) is 1. The number of anilines is 2. The zero-order chi connectivity index (χ0) is 22.7. The fourth-order valence-electron chi connectivity index (χ4n) is 4.47. The van der Waals surface area contributed by atoms with Crippen molar-refractivity contribution in [2.75, 3.05) is 24.1 Å². The van der Waals surface area contributed by atoms with Crippen LogP contribution in [0.15, 0.2) is 24.3 Å². The lowest BCUT2D eigenvalue weighted by Crippen LogP contribution is -2.46. The normalized spacial score (nSPS) is 21.8. The Morgan fingerprint density at radius 3 is 2.50 bits per heavy atom. The van der Waals surface area contributed by atoms with Gasteiger partial charge in [0.2, 0.25) is 5.95 Å². The number of nitrogens with zero attached hydrogens (tertiary/aromatic N) is 3. The Morgan fingerprint density at radius 1 is 1.12 bits per heavy atom. The second-order valence-electron chi connectivity index (χ2n) is 8.47. The van der Waals surface area contributed by atoms with E-state index < -0.39 is 6.36 Å². The van der Waals surface area contributed by atoms with Crippen molar-refractivity contribution >= 4 is 23.4 Å². The highest BCUT2D eigenvalue weighted by atomic mass is 35.5. The average Bonchev–Trinajstić information content (AvgIpc) is 2.70. The number of halogens is 4. The molecule has 174 valence electrons. The van der Waals surface area contributed by atoms with Crippen LogP contribution in [0, 0.1) is 5.92 Å². The smallest absolute Gasteiger partial charge is 0.405 e. The molecule has 1 aliphatic carbocycles. The third kappa shape index (κ3) is 5.75. The Morgan fingerprint density at radius 2 is 1.84 bits per heavy atom. The van der Waals surface area contributed by atoms with Gasteiger partial charge in [-0.15, -0.1) is 13.2 Å². The van der Waals surface area contributed by atoms with Gasteiger partial charge in [-0.25, -0.2) is 4.98 Å². The third-order valence-corrected chi connectivity index (χ3v) is 6.70. The maximum Gasteiger partial charge on any atom is 0.573 e. The summed E-state index contributed by atoms with van der Waals surface area (Å²) in [5.74, 6) is 0.605. The SMILES string of the molecule is Nc1nc(NCc2ccccc2OC(F)(F)F)nc(C[C@H]2CC[C@H](N3CCC3)CC2)c1Cl. The highest BCUT2D eigenvalue weighted by molar-refractivity contribution is 6.33. The number of benzene rings is 1. The summed E-state index contributed by atoms with van der Waals surface area (Å²) in [6, 6.07) is 6.63. The molecule has 3 N–H and O–H groups in total. The number of ether oxygens (including phenoxy) is 1. The fourth-order valence-corrected chi connectivity index (χ4v) is 4.63. The number of alkyl halides is 3. The Hall–Kier alpha value is -2.26. The molecule has 0 amide bonds. The molecule has 1 aromatic carbocycles. The summed E-state index contributed by atoms with van der Waals surface area (Å²) in [7, 11) is 0. The van der Waals surface area contributed by atoms with Crippen LogP contribution < -0.4 is 15.8 Å². The summed E-state index contributed by atoms with van der Waals surface area (Å²) >= 11 is 6.38. The number of hydrogen-bond donors (Lipinski definition) is 2. The van der Waals surface area contributed by atoms with Crippen molar-refractivity contribution in [1.82, 2.24) is 14.9 Å². The molecule has 2 aromatic rings. The lowest BCUT2D eigenvalue weighted by atomic mass is 9.82. The molecule has 0 spiro atoms. The fraction of sp³-hybridized carbons (Fsp3) is 0.545. The highest BCUT2D eigenvalue weighted by Crippen LogP contribution is 2.34. The van der Waals surface area contributed by atoms with Crippen molar-refractivity contribution in [3.05, 3.63) is 40.5 Å². The number of aromatic nitrogens is 2. The third-order valence-electron chi connectivity index (χ3n) is 6.29. The van der Waals surface area contributed by atoms with Gasteiger partial charge >= 0.3 is 6.36 Å². The van der Waals surface area contributed by atoms with E-state index in [1.54, 1.807) is 12.1 Å². The Kier molecular flexibility index (Phi) is 6.95. The summed E-state index contributed by atoms with van der Waals surface area (Å²) in [6.07, 6.45) is 1.85. The second-order valence-corrected chi connectivity index (χ2v) is 8.85. The van der Waals surface area contributed by atoms with E-state index in [2.05, 4.69) is 24.9 Å². The van der Waals surface area contributed by atoms with Crippen molar-refractivity contribution < 1.29 is 17.9 Å². The molecule has 2 aliphatic rings. The number of nitrogen functional groups attached to an aromatic ring is 1. The molecule has 32 heavy (non-hydrogen) atoms. The molecule has 0 unspecified atom stereocenters. The molecular formula is C22H27ClF3N5O. The van der Waals surface area contributed by atoms with Crippen LogP contribution in [-0.4, -0.2) is 40.4 Å². The predicted molar refractivity (Wildman–Crippen MR) is 118 cm³/mol. The van der Waals surface area contributed by atoms with Crippen LogP contribution >= 0.6 is 11.6 Å². The van der Waals surface area contributed by atoms with Crippen molar-refractivity contribution in [2.45, 2.75) is 57.5 Å². The quantitative estimate of drug-likeness (QED) is 0.592. The van der Waals surface area contributed by atoms with Crippen molar-refractivity contribution in [3.8, 4) is 5.75 Å². The molecule has 0 bridgehead atoms. The van der Waals surface area contributed by atoms with Crippen molar-refractivity contribution in [1.29, 1.82) is 0 Å². The Bertz CT molecular complexity index is 930. The van der Waals surface area contributed by atoms with Gasteiger partial charge in [0, 0.05) is 18.2 Å². The highest BCUT2D eigenvalue weighted by Gasteiger charge is 2.32. The first-order valence-electron chi connectivity index (χ1n) is 10.9. The molecular weight excluding hydrogens is 443 g/mol. The molecule has 1 saturated carbocycles. The van der Waals surface area contributed by atoms with Gasteiger partial charge in [-0.3, -0.25) is 0 Å². The van der Waals surface area contributed by atoms with Crippen molar-refractivity contribution in [3.63, 3.8) is 0 Å². The second kappa shape index (κ2) is 9.70. The van der Waals surface area contributed by atoms with Gasteiger partial charge in [0.15, 0.2) is 0 Å². The summed E-state index contributed by atoms with van der Waals surface area (Å²) in [4.78, 5) is 11.2. The summed E-state index contributed by atoms with van der Waals surface area (Å²) in [5.41, 5.74) is 6.99. The maximum atomic E-state index is 12.6. The van der Waals surface area contributed by atoms with Crippen LogP contribution in [0.25, 0.3) is 0 Å². The molecule has 0 atom stereocenters. The minimum Gasteiger partial charge on any atom is -0.405 e. The van der Waals surface area contributed by atoms with Gasteiger partial charge in [0.05, 0.1) is 5.69 Å². The van der Waals surface area contributed by atoms with E-state index in [-0.39, 0.29) is 24.1 Å². The zero-order valence-corrected chi connectivity index (χ0v) is 18.4. The van der Waals surface area contributed by atoms with Gasteiger partial charge in [-0.2, -0.15) is 4.98 Å². The Balaban J connectivity index is 1.40. The molecule has 2 heterocycles. The number of para-hydroxylation sites is 1.